The number of benzene rings is 2. The standard InChI is InChI=1S/C17H14BrFN4O2/c1-25-12-5-2-10(3-6-12)16-21-15(22-23-16)9-20-17(24)13-8-11(18)4-7-14(13)19/h2-8H,9H2,1H3,(H,20,24)(H,21,22,23). The number of nitrogens with one attached hydrogen (secondary N) is 2. The Morgan fingerprint density at radius 3 is 2.76 bits per heavy atom. The number of amides is 1. The number of rotatable bonds is 5. The van der Waals surface area contributed by atoms with E-state index >= 15 is 0 Å². The van der Waals surface area contributed by atoms with E-state index in [1.54, 1.807) is 7.11 Å². The van der Waals surface area contributed by atoms with Gasteiger partial charge in [-0.05, 0) is 42.5 Å². The SMILES string of the molecule is COc1ccc(-c2n[nH]c(CNC(=O)c3cc(Br)ccc3F)n2)cc1. The number of ether oxygens (including phenoxy) is 1. The Bertz CT molecular complexity index is 896. The summed E-state index contributed by atoms with van der Waals surface area (Å²) in [5.41, 5.74) is 0.775. The molecule has 1 heterocycles. The van der Waals surface area contributed by atoms with E-state index in [0.717, 1.165) is 11.3 Å². The van der Waals surface area contributed by atoms with Gasteiger partial charge in [0.25, 0.3) is 5.91 Å². The largest absolute Gasteiger partial charge is 0.497 e. The van der Waals surface area contributed by atoms with E-state index in [0.29, 0.717) is 16.1 Å². The molecular weight excluding hydrogens is 391 g/mol. The second kappa shape index (κ2) is 7.43. The lowest BCUT2D eigenvalue weighted by Crippen LogP contribution is -2.24. The minimum atomic E-state index is -0.586. The van der Waals surface area contributed by atoms with Crippen molar-refractivity contribution in [1.82, 2.24) is 20.5 Å². The van der Waals surface area contributed by atoms with Gasteiger partial charge in [-0.3, -0.25) is 9.89 Å². The van der Waals surface area contributed by atoms with Crippen LogP contribution in [0.1, 0.15) is 16.2 Å². The lowest BCUT2D eigenvalue weighted by Gasteiger charge is -2.04. The van der Waals surface area contributed by atoms with Crippen molar-refractivity contribution in [2.75, 3.05) is 7.11 Å². The van der Waals surface area contributed by atoms with Gasteiger partial charge in [0, 0.05) is 10.0 Å². The van der Waals surface area contributed by atoms with Gasteiger partial charge in [-0.25, -0.2) is 9.37 Å². The smallest absolute Gasteiger partial charge is 0.254 e. The zero-order valence-corrected chi connectivity index (χ0v) is 14.8. The average molecular weight is 405 g/mol. The van der Waals surface area contributed by atoms with Gasteiger partial charge in [-0.2, -0.15) is 5.10 Å². The van der Waals surface area contributed by atoms with Gasteiger partial charge in [0.15, 0.2) is 5.82 Å². The van der Waals surface area contributed by atoms with E-state index in [2.05, 4.69) is 36.4 Å². The Labute approximate surface area is 151 Å². The minimum absolute atomic E-state index is 0.0377. The number of carbonyl (C=O) groups excluding carboxylic acids is 1. The quantitative estimate of drug-likeness (QED) is 0.683. The first-order valence-electron chi connectivity index (χ1n) is 7.36. The lowest BCUT2D eigenvalue weighted by atomic mass is 10.2. The molecule has 0 aliphatic heterocycles. The van der Waals surface area contributed by atoms with Crippen molar-refractivity contribution < 1.29 is 13.9 Å². The Morgan fingerprint density at radius 1 is 1.28 bits per heavy atom. The van der Waals surface area contributed by atoms with Gasteiger partial charge in [0.05, 0.1) is 19.2 Å². The summed E-state index contributed by atoms with van der Waals surface area (Å²) in [7, 11) is 1.59. The van der Waals surface area contributed by atoms with E-state index in [4.69, 9.17) is 4.74 Å². The highest BCUT2D eigenvalue weighted by Crippen LogP contribution is 2.19. The summed E-state index contributed by atoms with van der Waals surface area (Å²) in [5, 5.41) is 9.48. The molecule has 0 saturated carbocycles. The van der Waals surface area contributed by atoms with Crippen LogP contribution in [0.25, 0.3) is 11.4 Å². The Balaban J connectivity index is 1.67. The molecular formula is C17H14BrFN4O2. The number of carbonyl (C=O) groups is 1. The van der Waals surface area contributed by atoms with E-state index in [-0.39, 0.29) is 12.1 Å². The van der Waals surface area contributed by atoms with Crippen LogP contribution in [0.2, 0.25) is 0 Å². The van der Waals surface area contributed by atoms with Crippen LogP contribution in [-0.4, -0.2) is 28.2 Å². The van der Waals surface area contributed by atoms with Crippen molar-refractivity contribution in [2.24, 2.45) is 0 Å². The number of aromatic amines is 1. The van der Waals surface area contributed by atoms with Crippen molar-refractivity contribution in [3.8, 4) is 17.1 Å². The van der Waals surface area contributed by atoms with E-state index < -0.39 is 11.7 Å². The third kappa shape index (κ3) is 4.03. The van der Waals surface area contributed by atoms with Gasteiger partial charge in [-0.15, -0.1) is 0 Å². The number of hydrogen-bond acceptors (Lipinski definition) is 4. The third-order valence-electron chi connectivity index (χ3n) is 3.47. The normalized spacial score (nSPS) is 10.5. The Kier molecular flexibility index (Phi) is 5.08. The second-order valence-electron chi connectivity index (χ2n) is 5.14. The van der Waals surface area contributed by atoms with Crippen LogP contribution < -0.4 is 10.1 Å². The monoisotopic (exact) mass is 404 g/mol. The first kappa shape index (κ1) is 17.1. The molecule has 0 fully saturated rings. The summed E-state index contributed by atoms with van der Waals surface area (Å²) in [4.78, 5) is 16.4. The number of halogens is 2. The molecule has 128 valence electrons. The van der Waals surface area contributed by atoms with Crippen LogP contribution in [0.5, 0.6) is 5.75 Å². The van der Waals surface area contributed by atoms with Crippen LogP contribution in [0.4, 0.5) is 4.39 Å². The van der Waals surface area contributed by atoms with Crippen molar-refractivity contribution in [2.45, 2.75) is 6.54 Å². The molecule has 0 aliphatic carbocycles. The van der Waals surface area contributed by atoms with Crippen LogP contribution in [-0.2, 0) is 6.54 Å². The van der Waals surface area contributed by atoms with Gasteiger partial charge in [0.2, 0.25) is 0 Å². The van der Waals surface area contributed by atoms with Gasteiger partial charge >= 0.3 is 0 Å². The summed E-state index contributed by atoms with van der Waals surface area (Å²) >= 11 is 3.22. The summed E-state index contributed by atoms with van der Waals surface area (Å²) < 4.78 is 19.4. The Morgan fingerprint density at radius 2 is 2.04 bits per heavy atom. The maximum absolute atomic E-state index is 13.7. The predicted octanol–water partition coefficient (Wildman–Crippen LogP) is 3.31. The van der Waals surface area contributed by atoms with Crippen molar-refractivity contribution in [3.63, 3.8) is 0 Å². The molecule has 0 spiro atoms. The maximum atomic E-state index is 13.7. The van der Waals surface area contributed by atoms with Crippen LogP contribution in [0, 0.1) is 5.82 Å². The van der Waals surface area contributed by atoms with Crippen molar-refractivity contribution in [3.05, 3.63) is 64.1 Å². The summed E-state index contributed by atoms with van der Waals surface area (Å²) in [6.07, 6.45) is 0. The summed E-state index contributed by atoms with van der Waals surface area (Å²) in [6.45, 7) is 0.105. The van der Waals surface area contributed by atoms with E-state index in [9.17, 15) is 9.18 Å². The molecule has 0 atom stereocenters. The molecule has 8 heteroatoms. The van der Waals surface area contributed by atoms with Crippen LogP contribution in [0.15, 0.2) is 46.9 Å². The van der Waals surface area contributed by atoms with Crippen LogP contribution in [0.3, 0.4) is 0 Å². The molecule has 6 nitrogen and oxygen atoms in total. The van der Waals surface area contributed by atoms with E-state index in [1.165, 1.54) is 18.2 Å². The molecule has 2 N–H and O–H groups in total. The fourth-order valence-corrected chi connectivity index (χ4v) is 2.54. The molecule has 0 unspecified atom stereocenters. The number of aromatic nitrogens is 3. The number of nitrogens with zero attached hydrogens (tertiary/aromatic N) is 2. The highest BCUT2D eigenvalue weighted by Gasteiger charge is 2.13. The molecule has 0 radical (unpaired) electrons. The molecule has 25 heavy (non-hydrogen) atoms. The number of methoxy groups -OCH3 is 1. The number of H-pyrrole nitrogens is 1. The minimum Gasteiger partial charge on any atom is -0.497 e. The molecule has 0 aliphatic rings. The maximum Gasteiger partial charge on any atom is 0.254 e. The molecule has 3 aromatic rings. The first-order chi connectivity index (χ1) is 12.1. The Hall–Kier alpha value is -2.74. The molecule has 0 bridgehead atoms. The predicted molar refractivity (Wildman–Crippen MR) is 93.6 cm³/mol. The highest BCUT2D eigenvalue weighted by molar-refractivity contribution is 9.10. The fourth-order valence-electron chi connectivity index (χ4n) is 2.17. The number of hydrogen-bond donors (Lipinski definition) is 2. The van der Waals surface area contributed by atoms with Gasteiger partial charge in [0.1, 0.15) is 17.4 Å². The van der Waals surface area contributed by atoms with Crippen molar-refractivity contribution >= 4 is 21.8 Å². The molecule has 0 saturated heterocycles. The third-order valence-corrected chi connectivity index (χ3v) is 3.96. The van der Waals surface area contributed by atoms with Gasteiger partial charge in [-0.1, -0.05) is 15.9 Å². The topological polar surface area (TPSA) is 79.9 Å². The fraction of sp³-hybridized carbons (Fsp3) is 0.118. The molecule has 3 rings (SSSR count). The summed E-state index contributed by atoms with van der Waals surface area (Å²) in [5.74, 6) is 0.594. The molecule has 1 aromatic heterocycles. The summed E-state index contributed by atoms with van der Waals surface area (Å²) in [6, 6.07) is 11.5. The highest BCUT2D eigenvalue weighted by atomic mass is 79.9. The lowest BCUT2D eigenvalue weighted by molar-refractivity contribution is 0.0946. The zero-order chi connectivity index (χ0) is 17.8. The van der Waals surface area contributed by atoms with Crippen LogP contribution >= 0.6 is 15.9 Å². The second-order valence-corrected chi connectivity index (χ2v) is 6.06. The molecule has 1 amide bonds. The first-order valence-corrected chi connectivity index (χ1v) is 8.15. The average Bonchev–Trinajstić information content (AvgIpc) is 3.11. The van der Waals surface area contributed by atoms with E-state index in [1.807, 2.05) is 24.3 Å². The van der Waals surface area contributed by atoms with Crippen molar-refractivity contribution in [1.29, 1.82) is 0 Å². The zero-order valence-electron chi connectivity index (χ0n) is 13.2. The molecule has 2 aromatic carbocycles. The van der Waals surface area contributed by atoms with Gasteiger partial charge < -0.3 is 10.1 Å².